The number of aromatic nitrogens is 2. The fraction of sp³-hybridized carbons (Fsp3) is 0.400. The lowest BCUT2D eigenvalue weighted by Crippen LogP contribution is -2.35. The van der Waals surface area contributed by atoms with E-state index in [0.717, 1.165) is 54.9 Å². The molecule has 2 N–H and O–H groups in total. The number of nitrogens with two attached hydrogens (primary N) is 1. The number of hydrogen-bond donors (Lipinski definition) is 1. The van der Waals surface area contributed by atoms with Gasteiger partial charge in [0.2, 0.25) is 0 Å². The minimum Gasteiger partial charge on any atom is -0.398 e. The Morgan fingerprint density at radius 1 is 1.48 bits per heavy atom. The molecule has 2 aromatic rings. The number of fused-ring (bicyclic) bond motifs is 1. The van der Waals surface area contributed by atoms with Crippen molar-refractivity contribution in [3.05, 3.63) is 34.3 Å². The molecule has 0 atom stereocenters. The zero-order valence-corrected chi connectivity index (χ0v) is 12.8. The maximum atomic E-state index is 12.8. The molecule has 0 saturated heterocycles. The average molecular weight is 302 g/mol. The molecule has 1 amide bonds. The summed E-state index contributed by atoms with van der Waals surface area (Å²) >= 11 is 1.19. The molecule has 110 valence electrons. The molecular weight excluding hydrogens is 284 g/mol. The summed E-state index contributed by atoms with van der Waals surface area (Å²) in [4.78, 5) is 15.3. The van der Waals surface area contributed by atoms with Crippen LogP contribution in [-0.4, -0.2) is 22.0 Å². The number of carbonyl (C=O) groups excluding carboxylic acids is 1. The van der Waals surface area contributed by atoms with E-state index in [0.29, 0.717) is 4.88 Å². The Labute approximate surface area is 127 Å². The van der Waals surface area contributed by atoms with Crippen LogP contribution in [0.4, 0.5) is 11.4 Å². The van der Waals surface area contributed by atoms with E-state index in [1.54, 1.807) is 0 Å². The van der Waals surface area contributed by atoms with Gasteiger partial charge in [-0.1, -0.05) is 23.9 Å². The van der Waals surface area contributed by atoms with Crippen molar-refractivity contribution in [1.82, 2.24) is 9.59 Å². The number of nitrogen functional groups attached to an aromatic ring is 1. The fourth-order valence-electron chi connectivity index (χ4n) is 2.76. The molecule has 0 radical (unpaired) electrons. The Balaban J connectivity index is 1.97. The topological polar surface area (TPSA) is 72.1 Å². The zero-order chi connectivity index (χ0) is 14.8. The SMILES string of the molecule is CCCc1nnsc1C(=O)N1CCCc2c(N)cccc21. The first kappa shape index (κ1) is 14.0. The molecule has 6 heteroatoms. The summed E-state index contributed by atoms with van der Waals surface area (Å²) < 4.78 is 3.95. The highest BCUT2D eigenvalue weighted by atomic mass is 32.1. The quantitative estimate of drug-likeness (QED) is 0.885. The molecule has 1 aromatic heterocycles. The Kier molecular flexibility index (Phi) is 3.88. The van der Waals surface area contributed by atoms with E-state index in [-0.39, 0.29) is 5.91 Å². The van der Waals surface area contributed by atoms with Gasteiger partial charge in [-0.2, -0.15) is 0 Å². The smallest absolute Gasteiger partial charge is 0.271 e. The Morgan fingerprint density at radius 2 is 2.33 bits per heavy atom. The Hall–Kier alpha value is -1.95. The summed E-state index contributed by atoms with van der Waals surface area (Å²) in [6.45, 7) is 2.79. The monoisotopic (exact) mass is 302 g/mol. The van der Waals surface area contributed by atoms with Crippen molar-refractivity contribution in [3.8, 4) is 0 Å². The van der Waals surface area contributed by atoms with Crippen LogP contribution in [0.25, 0.3) is 0 Å². The summed E-state index contributed by atoms with van der Waals surface area (Å²) in [5, 5.41) is 4.09. The van der Waals surface area contributed by atoms with E-state index in [9.17, 15) is 4.79 Å². The highest BCUT2D eigenvalue weighted by molar-refractivity contribution is 7.08. The highest BCUT2D eigenvalue weighted by Crippen LogP contribution is 2.32. The number of carbonyl (C=O) groups is 1. The molecule has 3 rings (SSSR count). The maximum absolute atomic E-state index is 12.8. The molecule has 2 heterocycles. The minimum atomic E-state index is 0.000000000000000222. The highest BCUT2D eigenvalue weighted by Gasteiger charge is 2.27. The van der Waals surface area contributed by atoms with Crippen LogP contribution < -0.4 is 10.6 Å². The van der Waals surface area contributed by atoms with E-state index in [1.165, 1.54) is 11.5 Å². The van der Waals surface area contributed by atoms with Gasteiger partial charge in [0.1, 0.15) is 4.88 Å². The Bertz CT molecular complexity index is 667. The lowest BCUT2D eigenvalue weighted by molar-refractivity contribution is 0.0988. The van der Waals surface area contributed by atoms with Crippen molar-refractivity contribution in [3.63, 3.8) is 0 Å². The van der Waals surface area contributed by atoms with Crippen molar-refractivity contribution >= 4 is 28.8 Å². The number of anilines is 2. The van der Waals surface area contributed by atoms with Crippen LogP contribution in [0.1, 0.15) is 40.7 Å². The second kappa shape index (κ2) is 5.81. The molecule has 0 unspecified atom stereocenters. The summed E-state index contributed by atoms with van der Waals surface area (Å²) in [7, 11) is 0. The van der Waals surface area contributed by atoms with Crippen LogP contribution >= 0.6 is 11.5 Å². The normalized spacial score (nSPS) is 14.0. The number of aryl methyl sites for hydroxylation is 1. The lowest BCUT2D eigenvalue weighted by atomic mass is 9.99. The number of rotatable bonds is 3. The van der Waals surface area contributed by atoms with Crippen LogP contribution in [0.2, 0.25) is 0 Å². The molecule has 0 fully saturated rings. The second-order valence-electron chi connectivity index (χ2n) is 5.20. The lowest BCUT2D eigenvalue weighted by Gasteiger charge is -2.30. The largest absolute Gasteiger partial charge is 0.398 e. The van der Waals surface area contributed by atoms with Crippen LogP contribution in [-0.2, 0) is 12.8 Å². The number of amides is 1. The van der Waals surface area contributed by atoms with Gasteiger partial charge in [0.15, 0.2) is 0 Å². The molecule has 0 saturated carbocycles. The standard InChI is InChI=1S/C15H18N4OS/c1-2-5-12-14(21-18-17-12)15(20)19-9-4-6-10-11(16)7-3-8-13(10)19/h3,7-8H,2,4-6,9,16H2,1H3. The van der Waals surface area contributed by atoms with E-state index in [1.807, 2.05) is 23.1 Å². The van der Waals surface area contributed by atoms with Gasteiger partial charge in [-0.15, -0.1) is 5.10 Å². The minimum absolute atomic E-state index is 0.000000000000000222. The van der Waals surface area contributed by atoms with Gasteiger partial charge < -0.3 is 10.6 Å². The third kappa shape index (κ3) is 2.51. The van der Waals surface area contributed by atoms with Crippen LogP contribution in [0.15, 0.2) is 18.2 Å². The molecular formula is C15H18N4OS. The molecule has 1 aliphatic heterocycles. The van der Waals surface area contributed by atoms with E-state index in [4.69, 9.17) is 5.73 Å². The van der Waals surface area contributed by atoms with Crippen LogP contribution in [0.5, 0.6) is 0 Å². The van der Waals surface area contributed by atoms with Crippen molar-refractivity contribution in [2.75, 3.05) is 17.2 Å². The van der Waals surface area contributed by atoms with E-state index >= 15 is 0 Å². The van der Waals surface area contributed by atoms with Gasteiger partial charge in [0, 0.05) is 17.9 Å². The molecule has 1 aromatic carbocycles. The Morgan fingerprint density at radius 3 is 3.14 bits per heavy atom. The van der Waals surface area contributed by atoms with Crippen molar-refractivity contribution in [2.45, 2.75) is 32.6 Å². The first-order valence-corrected chi connectivity index (χ1v) is 8.00. The average Bonchev–Trinajstić information content (AvgIpc) is 2.95. The van der Waals surface area contributed by atoms with Gasteiger partial charge >= 0.3 is 0 Å². The van der Waals surface area contributed by atoms with Gasteiger partial charge in [-0.05, 0) is 48.5 Å². The second-order valence-corrected chi connectivity index (χ2v) is 5.96. The van der Waals surface area contributed by atoms with Crippen molar-refractivity contribution in [2.24, 2.45) is 0 Å². The maximum Gasteiger partial charge on any atom is 0.271 e. The van der Waals surface area contributed by atoms with Crippen LogP contribution in [0.3, 0.4) is 0 Å². The number of benzene rings is 1. The first-order chi connectivity index (χ1) is 10.2. The van der Waals surface area contributed by atoms with Gasteiger partial charge in [0.25, 0.3) is 5.91 Å². The third-order valence-corrected chi connectivity index (χ3v) is 4.52. The number of nitrogens with zero attached hydrogens (tertiary/aromatic N) is 3. The van der Waals surface area contributed by atoms with Crippen LogP contribution in [0, 0.1) is 0 Å². The van der Waals surface area contributed by atoms with Gasteiger partial charge in [0.05, 0.1) is 5.69 Å². The molecule has 0 spiro atoms. The molecule has 0 bridgehead atoms. The molecule has 5 nitrogen and oxygen atoms in total. The molecule has 1 aliphatic rings. The van der Waals surface area contributed by atoms with Crippen molar-refractivity contribution < 1.29 is 4.79 Å². The predicted octanol–water partition coefficient (Wildman–Crippen LogP) is 2.67. The fourth-order valence-corrected chi connectivity index (χ4v) is 3.41. The zero-order valence-electron chi connectivity index (χ0n) is 12.0. The predicted molar refractivity (Wildman–Crippen MR) is 84.8 cm³/mol. The van der Waals surface area contributed by atoms with Crippen molar-refractivity contribution in [1.29, 1.82) is 0 Å². The van der Waals surface area contributed by atoms with E-state index in [2.05, 4.69) is 16.5 Å². The van der Waals surface area contributed by atoms with Gasteiger partial charge in [-0.25, -0.2) is 0 Å². The summed E-state index contributed by atoms with van der Waals surface area (Å²) in [6.07, 6.45) is 3.60. The molecule has 21 heavy (non-hydrogen) atoms. The molecule has 0 aliphatic carbocycles. The summed E-state index contributed by atoms with van der Waals surface area (Å²) in [5.41, 5.74) is 9.62. The van der Waals surface area contributed by atoms with E-state index < -0.39 is 0 Å². The summed E-state index contributed by atoms with van der Waals surface area (Å²) in [6, 6.07) is 5.76. The first-order valence-electron chi connectivity index (χ1n) is 7.22. The third-order valence-electron chi connectivity index (χ3n) is 3.77. The summed E-state index contributed by atoms with van der Waals surface area (Å²) in [5.74, 6) is 0.000000000000000222. The van der Waals surface area contributed by atoms with Gasteiger partial charge in [-0.3, -0.25) is 4.79 Å². The number of hydrogen-bond acceptors (Lipinski definition) is 5.